The molecule has 0 saturated heterocycles. The second kappa shape index (κ2) is 11.5. The van der Waals surface area contributed by atoms with Crippen molar-refractivity contribution in [2.75, 3.05) is 20.6 Å². The fourth-order valence-corrected chi connectivity index (χ4v) is 4.06. The minimum Gasteiger partial charge on any atom is -0.309 e. The number of aryl methyl sites for hydroxylation is 1. The van der Waals surface area contributed by atoms with Gasteiger partial charge in [0, 0.05) is 24.0 Å². The normalized spacial score (nSPS) is 11.9. The van der Waals surface area contributed by atoms with E-state index in [-0.39, 0.29) is 11.6 Å². The molecule has 0 N–H and O–H groups in total. The predicted molar refractivity (Wildman–Crippen MR) is 143 cm³/mol. The van der Waals surface area contributed by atoms with Crippen molar-refractivity contribution in [3.05, 3.63) is 106 Å². The molecular weight excluding hydrogens is 448 g/mol. The summed E-state index contributed by atoms with van der Waals surface area (Å²) in [6.07, 6.45) is 7.03. The molecule has 1 atom stereocenters. The van der Waals surface area contributed by atoms with Crippen LogP contribution in [0.1, 0.15) is 36.9 Å². The lowest BCUT2D eigenvalue weighted by Gasteiger charge is -2.16. The molecule has 0 amide bonds. The van der Waals surface area contributed by atoms with Gasteiger partial charge in [-0.3, -0.25) is 4.79 Å². The van der Waals surface area contributed by atoms with Crippen LogP contribution in [0.2, 0.25) is 0 Å². The summed E-state index contributed by atoms with van der Waals surface area (Å²) in [5.74, 6) is 0.658. The lowest BCUT2D eigenvalue weighted by atomic mass is 10.0. The first-order chi connectivity index (χ1) is 17.4. The summed E-state index contributed by atoms with van der Waals surface area (Å²) in [6, 6.07) is 18.1. The van der Waals surface area contributed by atoms with E-state index >= 15 is 0 Å². The minimum absolute atomic E-state index is 0.187. The Balaban J connectivity index is 1.54. The third kappa shape index (κ3) is 6.09. The van der Waals surface area contributed by atoms with Crippen molar-refractivity contribution in [3.8, 4) is 22.6 Å². The van der Waals surface area contributed by atoms with Crippen molar-refractivity contribution in [1.29, 1.82) is 0 Å². The Hall–Kier alpha value is -4.15. The SMILES string of the molecule is [C-]#[N+]c1cccc(-c2ccc(=O)n(C(C)c3cccc(-c4ncc(CCCCN(C)C)cn4)c3)n2)c1. The first kappa shape index (κ1) is 25.0. The molecule has 0 radical (unpaired) electrons. The largest absolute Gasteiger partial charge is 0.309 e. The zero-order valence-electron chi connectivity index (χ0n) is 20.9. The Bertz CT molecular complexity index is 1420. The molecule has 0 spiro atoms. The number of benzene rings is 2. The molecule has 36 heavy (non-hydrogen) atoms. The van der Waals surface area contributed by atoms with Crippen molar-refractivity contribution in [2.24, 2.45) is 0 Å². The molecule has 0 bridgehead atoms. The Morgan fingerprint density at radius 1 is 0.972 bits per heavy atom. The number of hydrogen-bond donors (Lipinski definition) is 0. The molecule has 7 heteroatoms. The van der Waals surface area contributed by atoms with E-state index < -0.39 is 0 Å². The molecule has 0 fully saturated rings. The van der Waals surface area contributed by atoms with Crippen molar-refractivity contribution in [1.82, 2.24) is 24.6 Å². The molecule has 0 aliphatic carbocycles. The van der Waals surface area contributed by atoms with E-state index in [2.05, 4.69) is 38.9 Å². The molecule has 182 valence electrons. The Labute approximate surface area is 211 Å². The van der Waals surface area contributed by atoms with E-state index in [1.165, 1.54) is 10.7 Å². The number of hydrogen-bond acceptors (Lipinski definition) is 5. The third-order valence-corrected chi connectivity index (χ3v) is 6.12. The molecule has 2 aromatic carbocycles. The van der Waals surface area contributed by atoms with Crippen LogP contribution in [0.25, 0.3) is 27.5 Å². The first-order valence-electron chi connectivity index (χ1n) is 12.1. The summed E-state index contributed by atoms with van der Waals surface area (Å²) in [7, 11) is 4.18. The van der Waals surface area contributed by atoms with Crippen LogP contribution in [0, 0.1) is 6.57 Å². The van der Waals surface area contributed by atoms with E-state index in [1.807, 2.05) is 55.7 Å². The summed E-state index contributed by atoms with van der Waals surface area (Å²) in [5, 5.41) is 4.62. The average Bonchev–Trinajstić information content (AvgIpc) is 2.91. The maximum atomic E-state index is 12.7. The van der Waals surface area contributed by atoms with Crippen LogP contribution in [0.15, 0.2) is 77.9 Å². The molecule has 0 aliphatic heterocycles. The first-order valence-corrected chi connectivity index (χ1v) is 12.1. The lowest BCUT2D eigenvalue weighted by molar-refractivity contribution is 0.394. The second-order valence-corrected chi connectivity index (χ2v) is 9.14. The van der Waals surface area contributed by atoms with Crippen LogP contribution in [0.3, 0.4) is 0 Å². The highest BCUT2D eigenvalue weighted by Gasteiger charge is 2.14. The summed E-state index contributed by atoms with van der Waals surface area (Å²) < 4.78 is 1.48. The number of rotatable bonds is 9. The van der Waals surface area contributed by atoms with Crippen LogP contribution in [0.4, 0.5) is 5.69 Å². The Morgan fingerprint density at radius 2 is 1.72 bits per heavy atom. The number of nitrogens with zero attached hydrogens (tertiary/aromatic N) is 6. The second-order valence-electron chi connectivity index (χ2n) is 9.14. The average molecular weight is 479 g/mol. The zero-order valence-corrected chi connectivity index (χ0v) is 20.9. The minimum atomic E-state index is -0.294. The molecule has 4 aromatic rings. The van der Waals surface area contributed by atoms with Crippen molar-refractivity contribution < 1.29 is 0 Å². The van der Waals surface area contributed by atoms with Gasteiger partial charge in [-0.1, -0.05) is 36.4 Å². The molecule has 7 nitrogen and oxygen atoms in total. The smallest absolute Gasteiger partial charge is 0.267 e. The fourth-order valence-electron chi connectivity index (χ4n) is 4.06. The maximum Gasteiger partial charge on any atom is 0.267 e. The topological polar surface area (TPSA) is 68.3 Å². The molecule has 2 aromatic heterocycles. The monoisotopic (exact) mass is 478 g/mol. The Morgan fingerprint density at radius 3 is 2.47 bits per heavy atom. The highest BCUT2D eigenvalue weighted by molar-refractivity contribution is 5.65. The summed E-state index contributed by atoms with van der Waals surface area (Å²) in [4.78, 5) is 27.6. The van der Waals surface area contributed by atoms with Gasteiger partial charge in [0.2, 0.25) is 0 Å². The van der Waals surface area contributed by atoms with Gasteiger partial charge in [0.25, 0.3) is 5.56 Å². The van der Waals surface area contributed by atoms with E-state index in [0.29, 0.717) is 17.2 Å². The van der Waals surface area contributed by atoms with Gasteiger partial charge < -0.3 is 4.90 Å². The molecule has 0 aliphatic rings. The van der Waals surface area contributed by atoms with Gasteiger partial charge in [-0.2, -0.15) is 5.10 Å². The lowest BCUT2D eigenvalue weighted by Crippen LogP contribution is -2.26. The molecule has 2 heterocycles. The van der Waals surface area contributed by atoms with E-state index in [1.54, 1.807) is 18.2 Å². The van der Waals surface area contributed by atoms with Gasteiger partial charge >= 0.3 is 0 Å². The number of unbranched alkanes of at least 4 members (excludes halogenated alkanes) is 1. The van der Waals surface area contributed by atoms with Gasteiger partial charge in [-0.05, 0) is 81.7 Å². The summed E-state index contributed by atoms with van der Waals surface area (Å²) >= 11 is 0. The van der Waals surface area contributed by atoms with E-state index in [4.69, 9.17) is 6.57 Å². The molecule has 0 saturated carbocycles. The quantitative estimate of drug-likeness (QED) is 0.238. The van der Waals surface area contributed by atoms with Gasteiger partial charge in [-0.25, -0.2) is 19.5 Å². The van der Waals surface area contributed by atoms with Crippen LogP contribution in [-0.4, -0.2) is 45.3 Å². The van der Waals surface area contributed by atoms with Crippen molar-refractivity contribution >= 4 is 5.69 Å². The zero-order chi connectivity index (χ0) is 25.5. The maximum absolute atomic E-state index is 12.7. The van der Waals surface area contributed by atoms with Gasteiger partial charge in [0.15, 0.2) is 11.5 Å². The standard InChI is InChI=1S/C29H30N6O/c1-21(35-28(36)15-14-27(33-35)24-11-8-13-26(18-24)30-2)23-10-7-12-25(17-23)29-31-19-22(20-32-29)9-5-6-16-34(3)4/h7-8,10-15,17-21H,5-6,9,16H2,1,3-4H3. The summed E-state index contributed by atoms with van der Waals surface area (Å²) in [6.45, 7) is 10.3. The van der Waals surface area contributed by atoms with Crippen LogP contribution in [-0.2, 0) is 6.42 Å². The van der Waals surface area contributed by atoms with E-state index in [0.717, 1.165) is 48.1 Å². The fraction of sp³-hybridized carbons (Fsp3) is 0.276. The summed E-state index contributed by atoms with van der Waals surface area (Å²) in [5.41, 5.74) is 4.76. The van der Waals surface area contributed by atoms with Gasteiger partial charge in [0.1, 0.15) is 0 Å². The molecular formula is C29H30N6O. The van der Waals surface area contributed by atoms with E-state index in [9.17, 15) is 4.79 Å². The van der Waals surface area contributed by atoms with Crippen molar-refractivity contribution in [3.63, 3.8) is 0 Å². The van der Waals surface area contributed by atoms with Crippen molar-refractivity contribution in [2.45, 2.75) is 32.2 Å². The Kier molecular flexibility index (Phi) is 7.99. The van der Waals surface area contributed by atoms with Crippen LogP contribution < -0.4 is 5.56 Å². The highest BCUT2D eigenvalue weighted by atomic mass is 16.1. The predicted octanol–water partition coefficient (Wildman–Crippen LogP) is 5.41. The number of aromatic nitrogens is 4. The molecule has 1 unspecified atom stereocenters. The van der Waals surface area contributed by atoms with Gasteiger partial charge in [-0.15, -0.1) is 0 Å². The van der Waals surface area contributed by atoms with Crippen LogP contribution >= 0.6 is 0 Å². The third-order valence-electron chi connectivity index (χ3n) is 6.12. The molecule has 4 rings (SSSR count). The van der Waals surface area contributed by atoms with Gasteiger partial charge in [0.05, 0.1) is 18.3 Å². The highest BCUT2D eigenvalue weighted by Crippen LogP contribution is 2.25. The van der Waals surface area contributed by atoms with Crippen LogP contribution in [0.5, 0.6) is 0 Å².